The molecule has 11 heteroatoms. The summed E-state index contributed by atoms with van der Waals surface area (Å²) >= 11 is 0. The van der Waals surface area contributed by atoms with Crippen molar-refractivity contribution in [1.29, 1.82) is 0 Å². The van der Waals surface area contributed by atoms with E-state index in [1.807, 2.05) is 28.0 Å². The van der Waals surface area contributed by atoms with Crippen LogP contribution < -0.4 is 4.90 Å². The average molecular weight is 516 g/mol. The molecular formula is C26H33N3O8. The summed E-state index contributed by atoms with van der Waals surface area (Å²) in [6.45, 7) is 7.23. The lowest BCUT2D eigenvalue weighted by Gasteiger charge is -2.31. The molecule has 2 amide bonds. The molecule has 6 fully saturated rings. The number of anilines is 1. The van der Waals surface area contributed by atoms with Gasteiger partial charge in [-0.05, 0) is 12.1 Å². The maximum atomic E-state index is 14.1. The Morgan fingerprint density at radius 2 is 0.865 bits per heavy atom. The van der Waals surface area contributed by atoms with Crippen LogP contribution in [0.25, 0.3) is 0 Å². The number of carbonyl (C=O) groups excluding carboxylic acids is 2. The Labute approximate surface area is 215 Å². The minimum absolute atomic E-state index is 0.0550. The Hall–Kier alpha value is -2.28. The number of carbonyl (C=O) groups is 2. The normalized spacial score (nSPS) is 31.9. The number of hydrogen-bond donors (Lipinski definition) is 0. The smallest absolute Gasteiger partial charge is 0.256 e. The van der Waals surface area contributed by atoms with E-state index in [-0.39, 0.29) is 48.4 Å². The zero-order valence-electron chi connectivity index (χ0n) is 20.8. The Morgan fingerprint density at radius 3 is 1.16 bits per heavy atom. The lowest BCUT2D eigenvalue weighted by atomic mass is 10.0. The first-order valence-corrected chi connectivity index (χ1v) is 13.3. The lowest BCUT2D eigenvalue weighted by molar-refractivity contribution is 0.0727. The van der Waals surface area contributed by atoms with Gasteiger partial charge in [0.1, 0.15) is 0 Å². The van der Waals surface area contributed by atoms with Gasteiger partial charge in [-0.25, -0.2) is 0 Å². The molecule has 0 radical (unpaired) electrons. The zero-order valence-corrected chi connectivity index (χ0v) is 20.8. The van der Waals surface area contributed by atoms with Gasteiger partial charge in [0.15, 0.2) is 0 Å². The van der Waals surface area contributed by atoms with Crippen molar-refractivity contribution in [2.45, 2.75) is 36.6 Å². The van der Waals surface area contributed by atoms with Crippen molar-refractivity contribution in [1.82, 2.24) is 9.80 Å². The number of benzene rings is 1. The van der Waals surface area contributed by atoms with Crippen LogP contribution in [-0.4, -0.2) is 137 Å². The number of rotatable bonds is 15. The van der Waals surface area contributed by atoms with Crippen LogP contribution in [0.2, 0.25) is 0 Å². The van der Waals surface area contributed by atoms with Crippen LogP contribution in [-0.2, 0) is 28.4 Å². The van der Waals surface area contributed by atoms with E-state index in [4.69, 9.17) is 28.4 Å². The quantitative estimate of drug-likeness (QED) is 0.292. The SMILES string of the molecule is O=C(c1cccc(C(=O)N(CC2CO2)CC2CO2)c1N(CC1CO1)CC1CO1)N(CC1CO1)CC1CO1. The van der Waals surface area contributed by atoms with Crippen LogP contribution in [0.3, 0.4) is 0 Å². The van der Waals surface area contributed by atoms with E-state index in [9.17, 15) is 9.59 Å². The van der Waals surface area contributed by atoms with E-state index in [1.165, 1.54) is 0 Å². The van der Waals surface area contributed by atoms with Gasteiger partial charge in [-0.15, -0.1) is 0 Å². The summed E-state index contributed by atoms with van der Waals surface area (Å²) in [4.78, 5) is 33.9. The molecule has 6 unspecified atom stereocenters. The number of epoxide rings is 6. The molecule has 0 bridgehead atoms. The number of hydrogen-bond acceptors (Lipinski definition) is 9. The molecular weight excluding hydrogens is 482 g/mol. The van der Waals surface area contributed by atoms with Gasteiger partial charge >= 0.3 is 0 Å². The molecule has 6 atom stereocenters. The summed E-state index contributed by atoms with van der Waals surface area (Å²) in [6, 6.07) is 5.47. The number of amides is 2. The van der Waals surface area contributed by atoms with Gasteiger partial charge in [0.2, 0.25) is 0 Å². The molecule has 1 aromatic carbocycles. The first kappa shape index (κ1) is 23.8. The van der Waals surface area contributed by atoms with Crippen molar-refractivity contribution in [3.8, 4) is 0 Å². The molecule has 0 saturated carbocycles. The maximum Gasteiger partial charge on any atom is 0.256 e. The Bertz CT molecular complexity index is 926. The summed E-state index contributed by atoms with van der Waals surface area (Å²) < 4.78 is 32.9. The predicted octanol–water partition coefficient (Wildman–Crippen LogP) is -0.230. The van der Waals surface area contributed by atoms with Gasteiger partial charge < -0.3 is 43.1 Å². The molecule has 200 valence electrons. The second-order valence-corrected chi connectivity index (χ2v) is 10.8. The second-order valence-electron chi connectivity index (χ2n) is 10.8. The van der Waals surface area contributed by atoms with Gasteiger partial charge in [-0.1, -0.05) is 6.07 Å². The lowest BCUT2D eigenvalue weighted by Crippen LogP contribution is -2.42. The van der Waals surface area contributed by atoms with Crippen LogP contribution in [0.5, 0.6) is 0 Å². The van der Waals surface area contributed by atoms with Gasteiger partial charge in [-0.3, -0.25) is 9.59 Å². The third kappa shape index (κ3) is 6.24. The summed E-state index contributed by atoms with van der Waals surface area (Å²) in [5.41, 5.74) is 1.68. The predicted molar refractivity (Wildman–Crippen MR) is 129 cm³/mol. The topological polar surface area (TPSA) is 119 Å². The van der Waals surface area contributed by atoms with Crippen molar-refractivity contribution in [3.05, 3.63) is 29.3 Å². The molecule has 11 nitrogen and oxygen atoms in total. The highest BCUT2D eigenvalue weighted by Gasteiger charge is 2.40. The molecule has 37 heavy (non-hydrogen) atoms. The minimum Gasteiger partial charge on any atom is -0.371 e. The van der Waals surface area contributed by atoms with Crippen LogP contribution in [0.4, 0.5) is 5.69 Å². The fourth-order valence-corrected chi connectivity index (χ4v) is 4.82. The number of para-hydroxylation sites is 1. The van der Waals surface area contributed by atoms with E-state index >= 15 is 0 Å². The number of nitrogens with zero attached hydrogens (tertiary/aromatic N) is 3. The summed E-state index contributed by atoms with van der Waals surface area (Å²) in [5.74, 6) is -0.228. The molecule has 7 rings (SSSR count). The fraction of sp³-hybridized carbons (Fsp3) is 0.692. The number of ether oxygens (including phenoxy) is 6. The van der Waals surface area contributed by atoms with Gasteiger partial charge in [0.05, 0.1) is 93.1 Å². The van der Waals surface area contributed by atoms with Crippen LogP contribution in [0, 0.1) is 0 Å². The fourth-order valence-electron chi connectivity index (χ4n) is 4.82. The summed E-state index contributed by atoms with van der Waals surface area (Å²) in [6.07, 6.45) is 0.380. The van der Waals surface area contributed by atoms with Crippen LogP contribution in [0.1, 0.15) is 20.7 Å². The van der Waals surface area contributed by atoms with E-state index < -0.39 is 0 Å². The van der Waals surface area contributed by atoms with Crippen molar-refractivity contribution in [2.75, 3.05) is 83.8 Å². The van der Waals surface area contributed by atoms with Crippen LogP contribution >= 0.6 is 0 Å². The van der Waals surface area contributed by atoms with Crippen LogP contribution in [0.15, 0.2) is 18.2 Å². The molecule has 1 aromatic rings. The Kier molecular flexibility index (Phi) is 6.30. The van der Waals surface area contributed by atoms with Crippen molar-refractivity contribution < 1.29 is 38.0 Å². The van der Waals surface area contributed by atoms with E-state index in [1.54, 1.807) is 0 Å². The standard InChI is InChI=1S/C26H33N3O8/c30-25(28(6-18-12-34-18)7-19-13-35-19)22-2-1-3-23(24(22)27(4-16-10-32-16)5-17-11-33-17)26(31)29(8-20-14-36-20)9-21-15-37-21/h1-3,16-21H,4-15H2. The van der Waals surface area contributed by atoms with Gasteiger partial charge in [-0.2, -0.15) is 0 Å². The molecule has 6 aliphatic heterocycles. The first-order chi connectivity index (χ1) is 18.1. The summed E-state index contributed by atoms with van der Waals surface area (Å²) in [7, 11) is 0. The van der Waals surface area contributed by atoms with Crippen molar-refractivity contribution >= 4 is 17.5 Å². The average Bonchev–Trinajstić information content (AvgIpc) is 3.67. The van der Waals surface area contributed by atoms with E-state index in [0.717, 1.165) is 0 Å². The van der Waals surface area contributed by atoms with E-state index in [0.29, 0.717) is 95.7 Å². The highest BCUT2D eigenvalue weighted by Crippen LogP contribution is 2.33. The van der Waals surface area contributed by atoms with Crippen molar-refractivity contribution in [3.63, 3.8) is 0 Å². The molecule has 0 spiro atoms. The zero-order chi connectivity index (χ0) is 24.9. The molecule has 6 aliphatic rings. The highest BCUT2D eigenvalue weighted by molar-refractivity contribution is 6.08. The molecule has 0 aliphatic carbocycles. The second kappa shape index (κ2) is 9.79. The molecule has 6 saturated heterocycles. The van der Waals surface area contributed by atoms with Gasteiger partial charge in [0.25, 0.3) is 11.8 Å². The monoisotopic (exact) mass is 515 g/mol. The van der Waals surface area contributed by atoms with Crippen molar-refractivity contribution in [2.24, 2.45) is 0 Å². The maximum absolute atomic E-state index is 14.1. The Balaban J connectivity index is 1.24. The van der Waals surface area contributed by atoms with E-state index in [2.05, 4.69) is 4.90 Å². The van der Waals surface area contributed by atoms with Gasteiger partial charge in [0, 0.05) is 39.3 Å². The molecule has 0 N–H and O–H groups in total. The largest absolute Gasteiger partial charge is 0.371 e. The third-order valence-corrected chi connectivity index (χ3v) is 7.35. The minimum atomic E-state index is -0.114. The molecule has 6 heterocycles. The summed E-state index contributed by atoms with van der Waals surface area (Å²) in [5, 5.41) is 0. The Morgan fingerprint density at radius 1 is 0.568 bits per heavy atom. The first-order valence-electron chi connectivity index (χ1n) is 13.3. The third-order valence-electron chi connectivity index (χ3n) is 7.35. The molecule has 0 aromatic heterocycles. The highest BCUT2D eigenvalue weighted by atomic mass is 16.6.